The van der Waals surface area contributed by atoms with E-state index in [9.17, 15) is 22.8 Å². The molecule has 2 rings (SSSR count). The van der Waals surface area contributed by atoms with E-state index in [2.05, 4.69) is 21.2 Å². The van der Waals surface area contributed by atoms with Gasteiger partial charge in [0.25, 0.3) is 0 Å². The second-order valence-electron chi connectivity index (χ2n) is 4.21. The van der Waals surface area contributed by atoms with Crippen molar-refractivity contribution in [3.05, 3.63) is 33.8 Å². The van der Waals surface area contributed by atoms with Crippen molar-refractivity contribution in [3.63, 3.8) is 0 Å². The number of hydrogen-bond acceptors (Lipinski definition) is 2. The molecule has 0 bridgehead atoms. The quantitative estimate of drug-likeness (QED) is 0.802. The van der Waals surface area contributed by atoms with Crippen molar-refractivity contribution in [1.82, 2.24) is 5.32 Å². The Hall–Kier alpha value is -1.37. The van der Waals surface area contributed by atoms with E-state index in [0.29, 0.717) is 0 Å². The lowest BCUT2D eigenvalue weighted by Crippen LogP contribution is -2.40. The van der Waals surface area contributed by atoms with Crippen LogP contribution in [0.3, 0.4) is 0 Å². The fourth-order valence-corrected chi connectivity index (χ4v) is 2.73. The molecule has 7 heteroatoms. The fraction of sp³-hybridized carbons (Fsp3) is 0.333. The number of carbonyl (C=O) groups is 2. The molecule has 0 radical (unpaired) electrons. The number of halogens is 4. The Labute approximate surface area is 115 Å². The number of carbonyl (C=O) groups excluding carboxylic acids is 2. The Morgan fingerprint density at radius 3 is 2.53 bits per heavy atom. The number of benzene rings is 1. The molecule has 3 nitrogen and oxygen atoms in total. The van der Waals surface area contributed by atoms with E-state index in [0.717, 1.165) is 0 Å². The Bertz CT molecular complexity index is 542. The number of imide groups is 1. The molecule has 1 aliphatic heterocycles. The van der Waals surface area contributed by atoms with E-state index in [1.807, 2.05) is 0 Å². The van der Waals surface area contributed by atoms with Crippen LogP contribution in [0.1, 0.15) is 29.9 Å². The molecule has 1 aromatic rings. The molecule has 0 saturated carbocycles. The van der Waals surface area contributed by atoms with Crippen molar-refractivity contribution in [2.24, 2.45) is 0 Å². The van der Waals surface area contributed by atoms with E-state index in [-0.39, 0.29) is 22.9 Å². The molecule has 1 unspecified atom stereocenters. The number of nitrogens with one attached hydrogen (secondary N) is 1. The third-order valence-corrected chi connectivity index (χ3v) is 3.60. The lowest BCUT2D eigenvalue weighted by molar-refractivity contribution is -0.139. The van der Waals surface area contributed by atoms with Crippen LogP contribution in [0.5, 0.6) is 0 Å². The Morgan fingerprint density at radius 1 is 1.26 bits per heavy atom. The van der Waals surface area contributed by atoms with E-state index in [1.54, 1.807) is 0 Å². The molecular formula is C12H9BrF3NO2. The molecule has 0 aliphatic carbocycles. The van der Waals surface area contributed by atoms with Crippen LogP contribution < -0.4 is 5.32 Å². The largest absolute Gasteiger partial charge is 0.417 e. The lowest BCUT2D eigenvalue weighted by Gasteiger charge is -2.24. The monoisotopic (exact) mass is 335 g/mol. The number of piperidine rings is 1. The molecule has 1 heterocycles. The molecule has 1 fully saturated rings. The number of amides is 2. The normalized spacial score (nSPS) is 20.3. The summed E-state index contributed by atoms with van der Waals surface area (Å²) in [5.41, 5.74) is -0.962. The maximum absolute atomic E-state index is 13.0. The second kappa shape index (κ2) is 4.96. The highest BCUT2D eigenvalue weighted by molar-refractivity contribution is 9.10. The van der Waals surface area contributed by atoms with Gasteiger partial charge in [0.15, 0.2) is 0 Å². The molecule has 102 valence electrons. The maximum Gasteiger partial charge on any atom is 0.417 e. The summed E-state index contributed by atoms with van der Waals surface area (Å²) in [6.07, 6.45) is -4.43. The smallest absolute Gasteiger partial charge is 0.296 e. The average Bonchev–Trinajstić information content (AvgIpc) is 2.26. The summed E-state index contributed by atoms with van der Waals surface area (Å²) in [5, 5.41) is 2.07. The average molecular weight is 336 g/mol. The molecule has 1 saturated heterocycles. The summed E-state index contributed by atoms with van der Waals surface area (Å²) in [6, 6.07) is 3.99. The van der Waals surface area contributed by atoms with Crippen LogP contribution in [0.2, 0.25) is 0 Å². The fourth-order valence-electron chi connectivity index (χ4n) is 2.12. The maximum atomic E-state index is 13.0. The van der Waals surface area contributed by atoms with Gasteiger partial charge in [0.05, 0.1) is 11.5 Å². The first-order chi connectivity index (χ1) is 8.80. The van der Waals surface area contributed by atoms with Gasteiger partial charge in [-0.25, -0.2) is 0 Å². The van der Waals surface area contributed by atoms with Gasteiger partial charge in [-0.05, 0) is 18.1 Å². The third-order valence-electron chi connectivity index (χ3n) is 2.94. The predicted molar refractivity (Wildman–Crippen MR) is 64.3 cm³/mol. The van der Waals surface area contributed by atoms with Crippen molar-refractivity contribution < 1.29 is 22.8 Å². The minimum atomic E-state index is -4.56. The minimum Gasteiger partial charge on any atom is -0.296 e. The Morgan fingerprint density at radius 2 is 1.95 bits per heavy atom. The third kappa shape index (κ3) is 2.80. The zero-order chi connectivity index (χ0) is 14.2. The van der Waals surface area contributed by atoms with Gasteiger partial charge in [-0.2, -0.15) is 13.2 Å². The van der Waals surface area contributed by atoms with Gasteiger partial charge in [-0.15, -0.1) is 0 Å². The summed E-state index contributed by atoms with van der Waals surface area (Å²) < 4.78 is 39.0. The zero-order valence-electron chi connectivity index (χ0n) is 9.55. The number of rotatable bonds is 1. The van der Waals surface area contributed by atoms with E-state index >= 15 is 0 Å². The minimum absolute atomic E-state index is 0.0419. The van der Waals surface area contributed by atoms with E-state index < -0.39 is 29.5 Å². The summed E-state index contributed by atoms with van der Waals surface area (Å²) in [7, 11) is 0. The Balaban J connectivity index is 2.48. The predicted octanol–water partition coefficient (Wildman–Crippen LogP) is 2.99. The molecular weight excluding hydrogens is 327 g/mol. The highest BCUT2D eigenvalue weighted by atomic mass is 79.9. The van der Waals surface area contributed by atoms with Gasteiger partial charge in [0, 0.05) is 10.9 Å². The molecule has 1 N–H and O–H groups in total. The van der Waals surface area contributed by atoms with E-state index in [4.69, 9.17) is 0 Å². The lowest BCUT2D eigenvalue weighted by atomic mass is 9.87. The summed E-state index contributed by atoms with van der Waals surface area (Å²) >= 11 is 2.86. The van der Waals surface area contributed by atoms with Gasteiger partial charge in [-0.1, -0.05) is 28.1 Å². The van der Waals surface area contributed by atoms with Crippen molar-refractivity contribution >= 4 is 27.7 Å². The highest BCUT2D eigenvalue weighted by Crippen LogP contribution is 2.41. The summed E-state index contributed by atoms with van der Waals surface area (Å²) in [4.78, 5) is 22.7. The van der Waals surface area contributed by atoms with Crippen molar-refractivity contribution in [3.8, 4) is 0 Å². The van der Waals surface area contributed by atoms with Crippen molar-refractivity contribution in [2.45, 2.75) is 24.9 Å². The van der Waals surface area contributed by atoms with Crippen LogP contribution >= 0.6 is 15.9 Å². The van der Waals surface area contributed by atoms with Crippen LogP contribution in [0.15, 0.2) is 22.7 Å². The van der Waals surface area contributed by atoms with Crippen LogP contribution in [-0.4, -0.2) is 11.8 Å². The number of hydrogen-bond donors (Lipinski definition) is 1. The van der Waals surface area contributed by atoms with Gasteiger partial charge in [0.2, 0.25) is 11.8 Å². The molecule has 1 aromatic carbocycles. The molecule has 0 spiro atoms. The van der Waals surface area contributed by atoms with Crippen LogP contribution in [0.25, 0.3) is 0 Å². The molecule has 1 atom stereocenters. The van der Waals surface area contributed by atoms with Crippen LogP contribution in [0.4, 0.5) is 13.2 Å². The second-order valence-corrected chi connectivity index (χ2v) is 5.06. The highest BCUT2D eigenvalue weighted by Gasteiger charge is 2.40. The SMILES string of the molecule is O=C1CCC(c2cccc(Br)c2C(F)(F)F)C(=O)N1. The first-order valence-corrected chi connectivity index (χ1v) is 6.29. The summed E-state index contributed by atoms with van der Waals surface area (Å²) in [6.45, 7) is 0. The van der Waals surface area contributed by atoms with Gasteiger partial charge < -0.3 is 0 Å². The topological polar surface area (TPSA) is 46.2 Å². The van der Waals surface area contributed by atoms with Gasteiger partial charge in [0.1, 0.15) is 0 Å². The van der Waals surface area contributed by atoms with Crippen LogP contribution in [-0.2, 0) is 15.8 Å². The Kier molecular flexibility index (Phi) is 3.66. The van der Waals surface area contributed by atoms with E-state index in [1.165, 1.54) is 18.2 Å². The van der Waals surface area contributed by atoms with Crippen molar-refractivity contribution in [1.29, 1.82) is 0 Å². The standard InChI is InChI=1S/C12H9BrF3NO2/c13-8-3-1-2-6(10(8)12(14,15)16)7-4-5-9(18)17-11(7)19/h1-3,7H,4-5H2,(H,17,18,19). The molecule has 19 heavy (non-hydrogen) atoms. The molecule has 1 aliphatic rings. The zero-order valence-corrected chi connectivity index (χ0v) is 11.1. The first kappa shape index (κ1) is 14.0. The summed E-state index contributed by atoms with van der Waals surface area (Å²) in [5.74, 6) is -2.09. The van der Waals surface area contributed by atoms with Gasteiger partial charge >= 0.3 is 6.18 Å². The molecule has 2 amide bonds. The van der Waals surface area contributed by atoms with Gasteiger partial charge in [-0.3, -0.25) is 14.9 Å². The van der Waals surface area contributed by atoms with Crippen LogP contribution in [0, 0.1) is 0 Å². The first-order valence-electron chi connectivity index (χ1n) is 5.50. The number of alkyl halides is 3. The van der Waals surface area contributed by atoms with Crippen molar-refractivity contribution in [2.75, 3.05) is 0 Å². The molecule has 0 aromatic heterocycles.